The van der Waals surface area contributed by atoms with Gasteiger partial charge in [-0.15, -0.1) is 0 Å². The second-order valence-electron chi connectivity index (χ2n) is 3.90. The molecule has 1 atom stereocenters. The number of rotatable bonds is 5. The van der Waals surface area contributed by atoms with Gasteiger partial charge in [0.05, 0.1) is 6.04 Å². The van der Waals surface area contributed by atoms with Gasteiger partial charge in [0, 0.05) is 6.54 Å². The van der Waals surface area contributed by atoms with Crippen molar-refractivity contribution in [2.75, 3.05) is 6.54 Å². The number of carbonyl (C=O) groups is 1. The number of carboxylic acid groups (broad SMARTS) is 1. The molecule has 3 nitrogen and oxygen atoms in total. The molecule has 1 aromatic rings. The number of hydrogen-bond donors (Lipinski definition) is 0. The van der Waals surface area contributed by atoms with E-state index < -0.39 is 6.09 Å². The Hall–Kier alpha value is -1.51. The Morgan fingerprint density at radius 2 is 2.00 bits per heavy atom. The Bertz CT molecular complexity index is 324. The van der Waals surface area contributed by atoms with Crippen LogP contribution >= 0.6 is 0 Å². The van der Waals surface area contributed by atoms with Crippen molar-refractivity contribution in [3.63, 3.8) is 0 Å². The van der Waals surface area contributed by atoms with Gasteiger partial charge in [-0.3, -0.25) is 0 Å². The van der Waals surface area contributed by atoms with Gasteiger partial charge in [0.25, 0.3) is 0 Å². The monoisotopic (exact) mass is 220 g/mol. The lowest BCUT2D eigenvalue weighted by molar-refractivity contribution is -0.268. The first-order valence-electron chi connectivity index (χ1n) is 5.69. The molecule has 0 radical (unpaired) electrons. The Kier molecular flexibility index (Phi) is 4.83. The average Bonchev–Trinajstić information content (AvgIpc) is 2.30. The van der Waals surface area contributed by atoms with E-state index in [-0.39, 0.29) is 6.04 Å². The molecule has 1 aromatic carbocycles. The molecule has 1 unspecified atom stereocenters. The van der Waals surface area contributed by atoms with E-state index in [1.807, 2.05) is 44.2 Å². The Morgan fingerprint density at radius 1 is 1.38 bits per heavy atom. The third kappa shape index (κ3) is 3.26. The fraction of sp³-hybridized carbons (Fsp3) is 0.462. The van der Waals surface area contributed by atoms with Crippen LogP contribution in [0.2, 0.25) is 0 Å². The molecule has 0 aliphatic heterocycles. The summed E-state index contributed by atoms with van der Waals surface area (Å²) in [5, 5.41) is 11.0. The zero-order valence-corrected chi connectivity index (χ0v) is 9.85. The van der Waals surface area contributed by atoms with Gasteiger partial charge in [-0.25, -0.2) is 0 Å². The molecule has 1 rings (SSSR count). The summed E-state index contributed by atoms with van der Waals surface area (Å²) in [6.07, 6.45) is 0.751. The van der Waals surface area contributed by atoms with Crippen molar-refractivity contribution in [2.24, 2.45) is 0 Å². The van der Waals surface area contributed by atoms with Crippen molar-refractivity contribution < 1.29 is 9.90 Å². The number of amides is 1. The zero-order chi connectivity index (χ0) is 12.0. The Balaban J connectivity index is 2.75. The quantitative estimate of drug-likeness (QED) is 0.763. The average molecular weight is 220 g/mol. The predicted molar refractivity (Wildman–Crippen MR) is 61.9 cm³/mol. The molecule has 0 spiro atoms. The number of carbonyl (C=O) groups excluding carboxylic acids is 1. The van der Waals surface area contributed by atoms with Crippen LogP contribution in [0.1, 0.15) is 38.3 Å². The highest BCUT2D eigenvalue weighted by atomic mass is 16.4. The highest BCUT2D eigenvalue weighted by Crippen LogP contribution is 2.19. The van der Waals surface area contributed by atoms with Crippen LogP contribution in [0.5, 0.6) is 0 Å². The van der Waals surface area contributed by atoms with Crippen molar-refractivity contribution in [1.29, 1.82) is 0 Å². The molecule has 3 heteroatoms. The maximum absolute atomic E-state index is 11.0. The fourth-order valence-electron chi connectivity index (χ4n) is 1.68. The molecular formula is C13H18NO2-. The van der Waals surface area contributed by atoms with E-state index in [1.165, 1.54) is 4.90 Å². The van der Waals surface area contributed by atoms with Crippen LogP contribution in [0.25, 0.3) is 0 Å². The fourth-order valence-corrected chi connectivity index (χ4v) is 1.68. The second kappa shape index (κ2) is 6.16. The number of hydrogen-bond acceptors (Lipinski definition) is 2. The molecule has 0 aliphatic carbocycles. The molecule has 1 amide bonds. The molecule has 0 saturated carbocycles. The van der Waals surface area contributed by atoms with Gasteiger partial charge in [-0.05, 0) is 18.9 Å². The molecule has 0 aromatic heterocycles. The molecule has 0 N–H and O–H groups in total. The van der Waals surface area contributed by atoms with E-state index in [9.17, 15) is 9.90 Å². The third-order valence-electron chi connectivity index (χ3n) is 2.74. The van der Waals surface area contributed by atoms with Crippen LogP contribution in [0.15, 0.2) is 30.3 Å². The van der Waals surface area contributed by atoms with E-state index in [2.05, 4.69) is 0 Å². The standard InChI is InChI=1S/C13H19NO2/c1-3-4-10-14(13(15)16)11(2)12-8-6-5-7-9-12/h5-9,11H,3-4,10H2,1-2H3,(H,15,16)/p-1. The second-order valence-corrected chi connectivity index (χ2v) is 3.90. The van der Waals surface area contributed by atoms with Crippen molar-refractivity contribution >= 4 is 6.09 Å². The Labute approximate surface area is 96.7 Å². The molecule has 16 heavy (non-hydrogen) atoms. The number of benzene rings is 1. The van der Waals surface area contributed by atoms with Crippen molar-refractivity contribution in [1.82, 2.24) is 4.90 Å². The van der Waals surface area contributed by atoms with Crippen LogP contribution < -0.4 is 5.11 Å². The minimum atomic E-state index is -1.09. The van der Waals surface area contributed by atoms with E-state index in [4.69, 9.17) is 0 Å². The lowest BCUT2D eigenvalue weighted by Crippen LogP contribution is -2.43. The zero-order valence-electron chi connectivity index (χ0n) is 9.85. The van der Waals surface area contributed by atoms with Crippen LogP contribution in [-0.4, -0.2) is 17.5 Å². The summed E-state index contributed by atoms with van der Waals surface area (Å²) in [7, 11) is 0. The normalized spacial score (nSPS) is 12.1. The summed E-state index contributed by atoms with van der Waals surface area (Å²) in [6.45, 7) is 4.47. The maximum Gasteiger partial charge on any atom is 0.137 e. The first-order valence-corrected chi connectivity index (χ1v) is 5.69. The van der Waals surface area contributed by atoms with Gasteiger partial charge in [-0.1, -0.05) is 43.7 Å². The molecule has 0 aliphatic rings. The molecule has 0 saturated heterocycles. The summed E-state index contributed by atoms with van der Waals surface area (Å²) in [4.78, 5) is 12.4. The first kappa shape index (κ1) is 12.6. The highest BCUT2D eigenvalue weighted by molar-refractivity contribution is 5.63. The number of unbranched alkanes of at least 4 members (excludes halogenated alkanes) is 1. The van der Waals surface area contributed by atoms with Crippen LogP contribution in [0, 0.1) is 0 Å². The van der Waals surface area contributed by atoms with Crippen molar-refractivity contribution in [3.8, 4) is 0 Å². The minimum Gasteiger partial charge on any atom is -0.530 e. The van der Waals surface area contributed by atoms with Gasteiger partial charge in [0.2, 0.25) is 0 Å². The van der Waals surface area contributed by atoms with Gasteiger partial charge in [0.15, 0.2) is 0 Å². The first-order chi connectivity index (χ1) is 7.66. The van der Waals surface area contributed by atoms with E-state index >= 15 is 0 Å². The molecule has 0 heterocycles. The van der Waals surface area contributed by atoms with Gasteiger partial charge in [0.1, 0.15) is 6.09 Å². The lowest BCUT2D eigenvalue weighted by atomic mass is 10.1. The van der Waals surface area contributed by atoms with Crippen LogP contribution in [0.3, 0.4) is 0 Å². The third-order valence-corrected chi connectivity index (χ3v) is 2.74. The lowest BCUT2D eigenvalue weighted by Gasteiger charge is -2.31. The van der Waals surface area contributed by atoms with Crippen LogP contribution in [-0.2, 0) is 0 Å². The predicted octanol–water partition coefficient (Wildman–Crippen LogP) is 2.19. The SMILES string of the molecule is CCCCN(C(=O)[O-])C(C)c1ccccc1. The minimum absolute atomic E-state index is 0.141. The van der Waals surface area contributed by atoms with Crippen molar-refractivity contribution in [2.45, 2.75) is 32.7 Å². The summed E-state index contributed by atoms with van der Waals surface area (Å²) in [5.41, 5.74) is 1.00. The van der Waals surface area contributed by atoms with E-state index in [1.54, 1.807) is 0 Å². The smallest absolute Gasteiger partial charge is 0.137 e. The molecule has 0 bridgehead atoms. The topological polar surface area (TPSA) is 43.4 Å². The largest absolute Gasteiger partial charge is 0.530 e. The summed E-state index contributed by atoms with van der Waals surface area (Å²) in [6, 6.07) is 9.49. The number of nitrogens with zero attached hydrogens (tertiary/aromatic N) is 1. The van der Waals surface area contributed by atoms with E-state index in [0.29, 0.717) is 6.54 Å². The summed E-state index contributed by atoms with van der Waals surface area (Å²) in [5.74, 6) is 0. The summed E-state index contributed by atoms with van der Waals surface area (Å²) >= 11 is 0. The molecule has 88 valence electrons. The maximum atomic E-state index is 11.0. The van der Waals surface area contributed by atoms with E-state index in [0.717, 1.165) is 18.4 Å². The highest BCUT2D eigenvalue weighted by Gasteiger charge is 2.14. The van der Waals surface area contributed by atoms with Crippen LogP contribution in [0.4, 0.5) is 4.79 Å². The van der Waals surface area contributed by atoms with Gasteiger partial charge in [-0.2, -0.15) is 0 Å². The molecule has 0 fully saturated rings. The van der Waals surface area contributed by atoms with Crippen molar-refractivity contribution in [3.05, 3.63) is 35.9 Å². The Morgan fingerprint density at radius 3 is 2.50 bits per heavy atom. The van der Waals surface area contributed by atoms with Gasteiger partial charge < -0.3 is 14.8 Å². The van der Waals surface area contributed by atoms with Gasteiger partial charge >= 0.3 is 0 Å². The molecular weight excluding hydrogens is 202 g/mol. The summed E-state index contributed by atoms with van der Waals surface area (Å²) < 4.78 is 0.